The second-order valence-electron chi connectivity index (χ2n) is 11.2. The summed E-state index contributed by atoms with van der Waals surface area (Å²) in [5.74, 6) is 0.251. The molecule has 2 aromatic rings. The fraction of sp³-hybridized carbons (Fsp3) is 0.464. The molecule has 0 aromatic heterocycles. The summed E-state index contributed by atoms with van der Waals surface area (Å²) in [7, 11) is 0. The van der Waals surface area contributed by atoms with Crippen molar-refractivity contribution in [3.05, 3.63) is 64.7 Å². The summed E-state index contributed by atoms with van der Waals surface area (Å²) in [6.07, 6.45) is 0.819. The van der Waals surface area contributed by atoms with Gasteiger partial charge < -0.3 is 20.5 Å². The number of fused-ring (bicyclic) bond motifs is 2. The fourth-order valence-corrected chi connectivity index (χ4v) is 5.68. The molecule has 1 aliphatic carbocycles. The van der Waals surface area contributed by atoms with Crippen LogP contribution in [0, 0.1) is 10.8 Å². The van der Waals surface area contributed by atoms with Crippen LogP contribution in [0.2, 0.25) is 0 Å². The molecule has 0 unspecified atom stereocenters. The minimum Gasteiger partial charge on any atom is -0.493 e. The summed E-state index contributed by atoms with van der Waals surface area (Å²) in [4.78, 5) is 28.2. The van der Waals surface area contributed by atoms with Crippen LogP contribution >= 0.6 is 0 Å². The molecule has 0 radical (unpaired) electrons. The van der Waals surface area contributed by atoms with Crippen LogP contribution < -0.4 is 15.4 Å². The molecule has 0 bridgehead atoms. The second-order valence-corrected chi connectivity index (χ2v) is 11.2. The number of ether oxygens (including phenoxy) is 1. The highest BCUT2D eigenvalue weighted by Crippen LogP contribution is 2.48. The van der Waals surface area contributed by atoms with Gasteiger partial charge in [0.05, 0.1) is 31.2 Å². The van der Waals surface area contributed by atoms with Crippen LogP contribution in [0.3, 0.4) is 0 Å². The molecule has 1 saturated heterocycles. The predicted octanol–water partition coefficient (Wildman–Crippen LogP) is 3.46. The van der Waals surface area contributed by atoms with Gasteiger partial charge in [-0.3, -0.25) is 19.9 Å². The zero-order valence-corrected chi connectivity index (χ0v) is 21.2. The van der Waals surface area contributed by atoms with Crippen LogP contribution in [-0.2, 0) is 11.2 Å². The molecule has 2 heterocycles. The third-order valence-corrected chi connectivity index (χ3v) is 7.91. The number of aliphatic hydroxyl groups excluding tert-OH is 1. The highest BCUT2D eigenvalue weighted by Gasteiger charge is 2.48. The van der Waals surface area contributed by atoms with Crippen molar-refractivity contribution in [2.45, 2.75) is 70.7 Å². The van der Waals surface area contributed by atoms with E-state index in [9.17, 15) is 14.7 Å². The van der Waals surface area contributed by atoms with Gasteiger partial charge in [0.15, 0.2) is 5.96 Å². The molecule has 2 aromatic carbocycles. The van der Waals surface area contributed by atoms with E-state index in [0.717, 1.165) is 17.5 Å². The Morgan fingerprint density at radius 2 is 1.97 bits per heavy atom. The van der Waals surface area contributed by atoms with Gasteiger partial charge in [-0.15, -0.1) is 0 Å². The Kier molecular flexibility index (Phi) is 5.82. The van der Waals surface area contributed by atoms with E-state index in [0.29, 0.717) is 29.9 Å². The average Bonchev–Trinajstić information content (AvgIpc) is 3.14. The lowest BCUT2D eigenvalue weighted by molar-refractivity contribution is -0.135. The third kappa shape index (κ3) is 4.03. The smallest absolute Gasteiger partial charge is 0.251 e. The number of carbonyl (C=O) groups excluding carboxylic acids is 2. The molecule has 0 spiro atoms. The number of carbonyl (C=O) groups is 2. The first-order chi connectivity index (χ1) is 17.0. The van der Waals surface area contributed by atoms with Crippen molar-refractivity contribution in [3.8, 4) is 5.75 Å². The van der Waals surface area contributed by atoms with Gasteiger partial charge in [-0.2, -0.15) is 0 Å². The summed E-state index contributed by atoms with van der Waals surface area (Å²) in [6.45, 7) is 8.35. The number of hydrogen-bond acceptors (Lipinski definition) is 5. The van der Waals surface area contributed by atoms with Crippen LogP contribution in [0.15, 0.2) is 42.5 Å². The van der Waals surface area contributed by atoms with Crippen molar-refractivity contribution >= 4 is 17.8 Å². The molecular formula is C28H34N4O4. The van der Waals surface area contributed by atoms with Gasteiger partial charge in [0.1, 0.15) is 5.75 Å². The van der Waals surface area contributed by atoms with Gasteiger partial charge in [-0.05, 0) is 42.7 Å². The third-order valence-electron chi connectivity index (χ3n) is 7.91. The zero-order chi connectivity index (χ0) is 25.8. The van der Waals surface area contributed by atoms with Crippen LogP contribution in [0.25, 0.3) is 0 Å². The lowest BCUT2D eigenvalue weighted by atomic mass is 9.76. The molecule has 0 saturated carbocycles. The van der Waals surface area contributed by atoms with Crippen LogP contribution in [0.1, 0.15) is 79.7 Å². The maximum absolute atomic E-state index is 13.4. The van der Waals surface area contributed by atoms with E-state index in [1.165, 1.54) is 4.90 Å². The molecule has 2 aliphatic heterocycles. The van der Waals surface area contributed by atoms with Gasteiger partial charge in [0.25, 0.3) is 5.91 Å². The van der Waals surface area contributed by atoms with Gasteiger partial charge >= 0.3 is 0 Å². The minimum atomic E-state index is -0.690. The number of aliphatic hydroxyl groups is 1. The second kappa shape index (κ2) is 8.62. The van der Waals surface area contributed by atoms with Crippen molar-refractivity contribution in [2.75, 3.05) is 6.61 Å². The minimum absolute atomic E-state index is 0.0714. The Labute approximate surface area is 211 Å². The quantitative estimate of drug-likeness (QED) is 0.524. The summed E-state index contributed by atoms with van der Waals surface area (Å²) in [5.41, 5.74) is 2.13. The van der Waals surface area contributed by atoms with Crippen LogP contribution in [0.5, 0.6) is 5.75 Å². The van der Waals surface area contributed by atoms with E-state index in [1.807, 2.05) is 52.0 Å². The van der Waals surface area contributed by atoms with Crippen molar-refractivity contribution in [3.63, 3.8) is 0 Å². The Hall–Kier alpha value is -3.39. The molecule has 8 heteroatoms. The van der Waals surface area contributed by atoms with Crippen molar-refractivity contribution in [1.82, 2.24) is 15.5 Å². The summed E-state index contributed by atoms with van der Waals surface area (Å²) in [6, 6.07) is 12.0. The van der Waals surface area contributed by atoms with Crippen LogP contribution in [0.4, 0.5) is 0 Å². The fourth-order valence-electron chi connectivity index (χ4n) is 5.68. The van der Waals surface area contributed by atoms with Crippen molar-refractivity contribution in [1.29, 1.82) is 5.41 Å². The number of rotatable bonds is 4. The number of guanidine groups is 1. The van der Waals surface area contributed by atoms with E-state index >= 15 is 0 Å². The topological polar surface area (TPSA) is 115 Å². The highest BCUT2D eigenvalue weighted by atomic mass is 16.5. The molecule has 1 fully saturated rings. The molecule has 36 heavy (non-hydrogen) atoms. The average molecular weight is 491 g/mol. The number of nitrogens with one attached hydrogen (secondary N) is 3. The largest absolute Gasteiger partial charge is 0.493 e. The maximum Gasteiger partial charge on any atom is 0.251 e. The summed E-state index contributed by atoms with van der Waals surface area (Å²) < 4.78 is 6.02. The molecule has 4 N–H and O–H groups in total. The van der Waals surface area contributed by atoms with E-state index in [4.69, 9.17) is 10.1 Å². The van der Waals surface area contributed by atoms with Gasteiger partial charge in [0, 0.05) is 28.5 Å². The van der Waals surface area contributed by atoms with Crippen molar-refractivity contribution < 1.29 is 19.4 Å². The van der Waals surface area contributed by atoms with Crippen molar-refractivity contribution in [2.24, 2.45) is 5.41 Å². The Bertz CT molecular complexity index is 1220. The maximum atomic E-state index is 13.4. The molecule has 2 amide bonds. The molecule has 5 rings (SSSR count). The van der Waals surface area contributed by atoms with E-state index in [-0.39, 0.29) is 24.2 Å². The lowest BCUT2D eigenvalue weighted by Gasteiger charge is -2.49. The number of benzene rings is 2. The van der Waals surface area contributed by atoms with E-state index in [1.54, 1.807) is 18.2 Å². The Morgan fingerprint density at radius 1 is 1.22 bits per heavy atom. The monoisotopic (exact) mass is 490 g/mol. The van der Waals surface area contributed by atoms with Gasteiger partial charge in [-0.1, -0.05) is 45.0 Å². The van der Waals surface area contributed by atoms with Gasteiger partial charge in [-0.25, -0.2) is 0 Å². The Morgan fingerprint density at radius 3 is 2.69 bits per heavy atom. The van der Waals surface area contributed by atoms with Crippen LogP contribution in [-0.4, -0.2) is 46.0 Å². The van der Waals surface area contributed by atoms with E-state index in [2.05, 4.69) is 10.6 Å². The first-order valence-electron chi connectivity index (χ1n) is 12.6. The Balaban J connectivity index is 1.47. The number of hydrogen-bond donors (Lipinski definition) is 4. The van der Waals surface area contributed by atoms with Gasteiger partial charge in [0.2, 0.25) is 5.91 Å². The first-order valence-corrected chi connectivity index (χ1v) is 12.6. The lowest BCUT2D eigenvalue weighted by Crippen LogP contribution is -2.63. The summed E-state index contributed by atoms with van der Waals surface area (Å²) in [5, 5.41) is 25.5. The molecule has 190 valence electrons. The predicted molar refractivity (Wildman–Crippen MR) is 136 cm³/mol. The first kappa shape index (κ1) is 24.3. The number of nitrogens with zero attached hydrogens (tertiary/aromatic N) is 1. The SMILES string of the molecule is CC[C@]1(C)CC(=O)N([C@H]2c3cc(C(=O)N[C@@H]4c5ccccc5C[C@H]4O)ccc3OCC2(C)C)C(=N)N1. The molecule has 4 atom stereocenters. The molecule has 8 nitrogen and oxygen atoms in total. The highest BCUT2D eigenvalue weighted by molar-refractivity contribution is 6.00. The number of amides is 2. The van der Waals surface area contributed by atoms with E-state index < -0.39 is 29.1 Å². The zero-order valence-electron chi connectivity index (χ0n) is 21.2. The standard InChI is InChI=1S/C28H34N4O4/c1-5-28(4)14-22(34)32(26(29)31-28)24-19-12-17(10-11-21(19)36-15-27(24,2)3)25(35)30-23-18-9-7-6-8-16(18)13-20(23)33/h6-12,20,23-24,33H,5,13-15H2,1-4H3,(H2,29,31)(H,30,35)/t20-,23-,24+,28-/m1/s1. The molecular weight excluding hydrogens is 456 g/mol. The summed E-state index contributed by atoms with van der Waals surface area (Å²) >= 11 is 0. The molecule has 3 aliphatic rings. The normalized spacial score (nSPS) is 28.6.